The van der Waals surface area contributed by atoms with Crippen LogP contribution in [0.3, 0.4) is 0 Å². The van der Waals surface area contributed by atoms with Gasteiger partial charge >= 0.3 is 0 Å². The zero-order chi connectivity index (χ0) is 14.0. The van der Waals surface area contributed by atoms with E-state index in [4.69, 9.17) is 4.74 Å². The summed E-state index contributed by atoms with van der Waals surface area (Å²) in [4.78, 5) is 2.45. The molecule has 1 aliphatic heterocycles. The van der Waals surface area contributed by atoms with Crippen LogP contribution in [0.4, 0.5) is 0 Å². The zero-order valence-corrected chi connectivity index (χ0v) is 13.2. The number of hydrogen-bond acceptors (Lipinski definition) is 2. The van der Waals surface area contributed by atoms with E-state index in [1.165, 1.54) is 63.7 Å². The number of hydrogen-bond donors (Lipinski definition) is 0. The highest BCUT2D eigenvalue weighted by Crippen LogP contribution is 2.48. The molecule has 0 aromatic heterocycles. The van der Waals surface area contributed by atoms with E-state index in [-0.39, 0.29) is 5.41 Å². The lowest BCUT2D eigenvalue weighted by molar-refractivity contribution is 0.106. The van der Waals surface area contributed by atoms with Gasteiger partial charge in [-0.1, -0.05) is 11.6 Å². The van der Waals surface area contributed by atoms with Gasteiger partial charge in [0.05, 0.1) is 0 Å². The van der Waals surface area contributed by atoms with Crippen molar-refractivity contribution in [2.45, 2.75) is 64.3 Å². The SMILES string of the molecule is CN1CCC[C@H]1COC1=CCC[C@]1(C)C1=CCCCC1. The van der Waals surface area contributed by atoms with Crippen LogP contribution in [0.5, 0.6) is 0 Å². The summed E-state index contributed by atoms with van der Waals surface area (Å²) < 4.78 is 6.30. The van der Waals surface area contributed by atoms with Gasteiger partial charge in [0.1, 0.15) is 12.4 Å². The highest BCUT2D eigenvalue weighted by molar-refractivity contribution is 5.30. The second-order valence-electron chi connectivity index (χ2n) is 7.00. The first-order chi connectivity index (χ1) is 9.70. The van der Waals surface area contributed by atoms with Crippen molar-refractivity contribution in [2.24, 2.45) is 5.41 Å². The van der Waals surface area contributed by atoms with Crippen LogP contribution < -0.4 is 0 Å². The Morgan fingerprint density at radius 2 is 2.15 bits per heavy atom. The minimum absolute atomic E-state index is 0.206. The van der Waals surface area contributed by atoms with Crippen molar-refractivity contribution in [2.75, 3.05) is 20.2 Å². The van der Waals surface area contributed by atoms with Crippen LogP contribution in [0.2, 0.25) is 0 Å². The van der Waals surface area contributed by atoms with Crippen molar-refractivity contribution in [1.82, 2.24) is 4.90 Å². The van der Waals surface area contributed by atoms with Gasteiger partial charge in [-0.2, -0.15) is 0 Å². The second-order valence-corrected chi connectivity index (χ2v) is 7.00. The summed E-state index contributed by atoms with van der Waals surface area (Å²) in [5.74, 6) is 1.27. The molecule has 3 rings (SSSR count). The Kier molecular flexibility index (Phi) is 4.21. The van der Waals surface area contributed by atoms with Gasteiger partial charge in [-0.15, -0.1) is 0 Å². The molecule has 0 saturated carbocycles. The van der Waals surface area contributed by atoms with E-state index >= 15 is 0 Å². The van der Waals surface area contributed by atoms with Gasteiger partial charge in [-0.3, -0.25) is 0 Å². The smallest absolute Gasteiger partial charge is 0.103 e. The van der Waals surface area contributed by atoms with E-state index in [0.29, 0.717) is 6.04 Å². The third-order valence-electron chi connectivity index (χ3n) is 5.62. The quantitative estimate of drug-likeness (QED) is 0.710. The minimum atomic E-state index is 0.206. The molecule has 2 atom stereocenters. The number of likely N-dealkylation sites (tertiary alicyclic amines) is 1. The van der Waals surface area contributed by atoms with Crippen LogP contribution in [-0.2, 0) is 4.74 Å². The average molecular weight is 275 g/mol. The highest BCUT2D eigenvalue weighted by Gasteiger charge is 2.38. The molecule has 1 heterocycles. The van der Waals surface area contributed by atoms with Gasteiger partial charge in [0.25, 0.3) is 0 Å². The number of nitrogens with zero attached hydrogens (tertiary/aromatic N) is 1. The standard InChI is InChI=1S/C18H29NO/c1-18(15-8-4-3-5-9-15)12-6-11-17(18)20-14-16-10-7-13-19(16)2/h8,11,16H,3-7,9-10,12-14H2,1-2H3/t16-,18+/m0/s1. The summed E-state index contributed by atoms with van der Waals surface area (Å²) in [7, 11) is 2.23. The van der Waals surface area contributed by atoms with Crippen molar-refractivity contribution < 1.29 is 4.74 Å². The molecule has 0 bridgehead atoms. The maximum Gasteiger partial charge on any atom is 0.103 e. The fourth-order valence-electron chi connectivity index (χ4n) is 4.09. The number of allylic oxidation sites excluding steroid dienone is 3. The van der Waals surface area contributed by atoms with Crippen LogP contribution >= 0.6 is 0 Å². The molecule has 0 amide bonds. The van der Waals surface area contributed by atoms with Crippen molar-refractivity contribution in [3.8, 4) is 0 Å². The summed E-state index contributed by atoms with van der Waals surface area (Å²) in [6.07, 6.45) is 15.2. The highest BCUT2D eigenvalue weighted by atomic mass is 16.5. The Labute approximate surface area is 123 Å². The molecule has 1 fully saturated rings. The molecule has 0 N–H and O–H groups in total. The van der Waals surface area contributed by atoms with Gasteiger partial charge in [-0.25, -0.2) is 0 Å². The summed E-state index contributed by atoms with van der Waals surface area (Å²) in [6, 6.07) is 0.626. The summed E-state index contributed by atoms with van der Waals surface area (Å²) in [5, 5.41) is 0. The van der Waals surface area contributed by atoms with Crippen LogP contribution in [0.1, 0.15) is 58.3 Å². The van der Waals surface area contributed by atoms with E-state index < -0.39 is 0 Å². The lowest BCUT2D eigenvalue weighted by Crippen LogP contribution is -2.31. The van der Waals surface area contributed by atoms with Gasteiger partial charge in [0.2, 0.25) is 0 Å². The van der Waals surface area contributed by atoms with Crippen molar-refractivity contribution in [1.29, 1.82) is 0 Å². The molecule has 0 unspecified atom stereocenters. The Morgan fingerprint density at radius 1 is 1.25 bits per heavy atom. The first-order valence-corrected chi connectivity index (χ1v) is 8.43. The molecule has 2 heteroatoms. The normalized spacial score (nSPS) is 35.0. The zero-order valence-electron chi connectivity index (χ0n) is 13.2. The lowest BCUT2D eigenvalue weighted by atomic mass is 9.75. The second kappa shape index (κ2) is 5.93. The fourth-order valence-corrected chi connectivity index (χ4v) is 4.09. The van der Waals surface area contributed by atoms with E-state index in [1.54, 1.807) is 5.57 Å². The third-order valence-corrected chi connectivity index (χ3v) is 5.62. The van der Waals surface area contributed by atoms with E-state index in [1.807, 2.05) is 0 Å². The summed E-state index contributed by atoms with van der Waals surface area (Å²) in [5.41, 5.74) is 1.85. The molecule has 2 nitrogen and oxygen atoms in total. The maximum atomic E-state index is 6.30. The molecular weight excluding hydrogens is 246 g/mol. The molecule has 0 radical (unpaired) electrons. The van der Waals surface area contributed by atoms with Crippen molar-refractivity contribution >= 4 is 0 Å². The number of likely N-dealkylation sites (N-methyl/N-ethyl adjacent to an activating group) is 1. The van der Waals surface area contributed by atoms with Gasteiger partial charge in [0, 0.05) is 11.5 Å². The maximum absolute atomic E-state index is 6.30. The number of rotatable bonds is 4. The first-order valence-electron chi connectivity index (χ1n) is 8.43. The van der Waals surface area contributed by atoms with Gasteiger partial charge < -0.3 is 9.64 Å². The fraction of sp³-hybridized carbons (Fsp3) is 0.778. The van der Waals surface area contributed by atoms with Gasteiger partial charge in [0.15, 0.2) is 0 Å². The predicted molar refractivity (Wildman–Crippen MR) is 83.6 cm³/mol. The largest absolute Gasteiger partial charge is 0.496 e. The van der Waals surface area contributed by atoms with Crippen molar-refractivity contribution in [3.05, 3.63) is 23.5 Å². The number of ether oxygens (including phenoxy) is 1. The Bertz CT molecular complexity index is 412. The topological polar surface area (TPSA) is 12.5 Å². The molecule has 2 aliphatic carbocycles. The van der Waals surface area contributed by atoms with Crippen molar-refractivity contribution in [3.63, 3.8) is 0 Å². The molecule has 0 aromatic carbocycles. The Morgan fingerprint density at radius 3 is 2.85 bits per heavy atom. The minimum Gasteiger partial charge on any atom is -0.496 e. The van der Waals surface area contributed by atoms with Crippen LogP contribution in [0.25, 0.3) is 0 Å². The van der Waals surface area contributed by atoms with Gasteiger partial charge in [-0.05, 0) is 78.0 Å². The molecule has 0 spiro atoms. The molecule has 112 valence electrons. The third kappa shape index (κ3) is 2.67. The first kappa shape index (κ1) is 14.2. The van der Waals surface area contributed by atoms with Crippen LogP contribution in [0, 0.1) is 5.41 Å². The molecule has 0 aromatic rings. The Hall–Kier alpha value is -0.760. The van der Waals surface area contributed by atoms with Crippen LogP contribution in [-0.4, -0.2) is 31.1 Å². The molecule has 20 heavy (non-hydrogen) atoms. The summed E-state index contributed by atoms with van der Waals surface area (Å²) >= 11 is 0. The van der Waals surface area contributed by atoms with E-state index in [2.05, 4.69) is 31.0 Å². The molecule has 1 saturated heterocycles. The molecule has 3 aliphatic rings. The van der Waals surface area contributed by atoms with E-state index in [9.17, 15) is 0 Å². The lowest BCUT2D eigenvalue weighted by Gasteiger charge is -2.33. The van der Waals surface area contributed by atoms with Crippen LogP contribution in [0.15, 0.2) is 23.5 Å². The monoisotopic (exact) mass is 275 g/mol. The van der Waals surface area contributed by atoms with E-state index in [0.717, 1.165) is 6.61 Å². The average Bonchev–Trinajstić information content (AvgIpc) is 3.05. The summed E-state index contributed by atoms with van der Waals surface area (Å²) in [6.45, 7) is 4.52. The Balaban J connectivity index is 1.64. The predicted octanol–water partition coefficient (Wildman–Crippen LogP) is 4.28. The molecular formula is C18H29NO.